The van der Waals surface area contributed by atoms with E-state index in [1.807, 2.05) is 4.90 Å². The highest BCUT2D eigenvalue weighted by molar-refractivity contribution is 5.86. The van der Waals surface area contributed by atoms with E-state index in [9.17, 15) is 15.0 Å². The number of hydrogen-bond donors (Lipinski definition) is 2. The van der Waals surface area contributed by atoms with E-state index in [2.05, 4.69) is 0 Å². The molecule has 3 atom stereocenters. The van der Waals surface area contributed by atoms with Gasteiger partial charge in [0.25, 0.3) is 5.91 Å². The molecule has 19 heavy (non-hydrogen) atoms. The molecule has 1 saturated heterocycles. The summed E-state index contributed by atoms with van der Waals surface area (Å²) in [5, 5.41) is 20.5. The van der Waals surface area contributed by atoms with Gasteiger partial charge in [0.05, 0.1) is 6.10 Å². The molecule has 4 heteroatoms. The van der Waals surface area contributed by atoms with Crippen LogP contribution in [0.5, 0.6) is 0 Å². The van der Waals surface area contributed by atoms with Crippen LogP contribution >= 0.6 is 0 Å². The Morgan fingerprint density at radius 2 is 1.79 bits per heavy atom. The molecule has 0 unspecified atom stereocenters. The maximum absolute atomic E-state index is 12.5. The Morgan fingerprint density at radius 3 is 2.42 bits per heavy atom. The van der Waals surface area contributed by atoms with Gasteiger partial charge in [0, 0.05) is 18.5 Å². The van der Waals surface area contributed by atoms with Crippen LogP contribution in [0.3, 0.4) is 0 Å². The van der Waals surface area contributed by atoms with Gasteiger partial charge in [-0.05, 0) is 44.9 Å². The number of hydrogen-bond acceptors (Lipinski definition) is 3. The van der Waals surface area contributed by atoms with Gasteiger partial charge in [-0.25, -0.2) is 0 Å². The van der Waals surface area contributed by atoms with Crippen LogP contribution in [0.25, 0.3) is 0 Å². The van der Waals surface area contributed by atoms with Crippen molar-refractivity contribution in [2.75, 3.05) is 6.54 Å². The van der Waals surface area contributed by atoms with Crippen LogP contribution in [-0.4, -0.2) is 45.3 Å². The molecule has 0 aromatic rings. The molecular weight excluding hydrogens is 242 g/mol. The second-order valence-corrected chi connectivity index (χ2v) is 6.61. The fraction of sp³-hybridized carbons (Fsp3) is 0.933. The Kier molecular flexibility index (Phi) is 3.56. The van der Waals surface area contributed by atoms with E-state index in [1.54, 1.807) is 0 Å². The van der Waals surface area contributed by atoms with Crippen LogP contribution in [-0.2, 0) is 4.79 Å². The van der Waals surface area contributed by atoms with Crippen molar-refractivity contribution in [3.05, 3.63) is 0 Å². The van der Waals surface area contributed by atoms with Crippen LogP contribution in [0.2, 0.25) is 0 Å². The van der Waals surface area contributed by atoms with Gasteiger partial charge < -0.3 is 15.1 Å². The average Bonchev–Trinajstić information content (AvgIpc) is 2.84. The van der Waals surface area contributed by atoms with E-state index in [1.165, 1.54) is 0 Å². The fourth-order valence-electron chi connectivity index (χ4n) is 4.07. The first kappa shape index (κ1) is 13.4. The Balaban J connectivity index is 1.72. The molecular formula is C15H25NO3. The van der Waals surface area contributed by atoms with Gasteiger partial charge in [-0.15, -0.1) is 0 Å². The van der Waals surface area contributed by atoms with Crippen molar-refractivity contribution in [3.8, 4) is 0 Å². The average molecular weight is 267 g/mol. The topological polar surface area (TPSA) is 60.8 Å². The molecule has 0 spiro atoms. The van der Waals surface area contributed by atoms with E-state index in [-0.39, 0.29) is 24.0 Å². The lowest BCUT2D eigenvalue weighted by Crippen LogP contribution is -2.56. The first-order valence-electron chi connectivity index (χ1n) is 7.83. The largest absolute Gasteiger partial charge is 0.393 e. The van der Waals surface area contributed by atoms with Crippen molar-refractivity contribution in [1.29, 1.82) is 0 Å². The summed E-state index contributed by atoms with van der Waals surface area (Å²) in [7, 11) is 0. The van der Waals surface area contributed by atoms with Crippen molar-refractivity contribution in [1.82, 2.24) is 4.90 Å². The zero-order chi connectivity index (χ0) is 13.5. The van der Waals surface area contributed by atoms with E-state index >= 15 is 0 Å². The number of aliphatic hydroxyl groups is 2. The molecule has 3 aliphatic rings. The van der Waals surface area contributed by atoms with E-state index in [4.69, 9.17) is 0 Å². The molecule has 0 aromatic carbocycles. The van der Waals surface area contributed by atoms with Gasteiger partial charge >= 0.3 is 0 Å². The second-order valence-electron chi connectivity index (χ2n) is 6.61. The number of likely N-dealkylation sites (tertiary alicyclic amines) is 1. The molecule has 1 heterocycles. The van der Waals surface area contributed by atoms with Gasteiger partial charge in [0.2, 0.25) is 0 Å². The second kappa shape index (κ2) is 5.06. The molecule has 3 fully saturated rings. The van der Waals surface area contributed by atoms with E-state index in [0.29, 0.717) is 12.8 Å². The number of carbonyl (C=O) groups excluding carboxylic acids is 1. The molecule has 0 aromatic heterocycles. The third-order valence-corrected chi connectivity index (χ3v) is 5.41. The summed E-state index contributed by atoms with van der Waals surface area (Å²) in [6, 6.07) is 0.160. The number of carbonyl (C=O) groups is 1. The Labute approximate surface area is 114 Å². The van der Waals surface area contributed by atoms with Crippen LogP contribution in [0, 0.1) is 5.92 Å². The minimum atomic E-state index is -1.08. The van der Waals surface area contributed by atoms with Crippen LogP contribution in [0.1, 0.15) is 57.8 Å². The van der Waals surface area contributed by atoms with Gasteiger partial charge in [0.1, 0.15) is 5.60 Å². The number of rotatable bonds is 2. The SMILES string of the molecule is O=C(N1CCC[C@@H]1[C@H]1CCCC[C@@H]1O)C1(O)CCC1. The molecule has 2 aliphatic carbocycles. The standard InChI is InChI=1S/C15H25NO3/c17-13-7-2-1-5-11(13)12-6-3-10-16(12)14(18)15(19)8-4-9-15/h11-13,17,19H,1-10H2/t11-,12-,13+/m1/s1. The van der Waals surface area contributed by atoms with Crippen molar-refractivity contribution in [2.45, 2.75) is 75.5 Å². The van der Waals surface area contributed by atoms with Crippen molar-refractivity contribution in [3.63, 3.8) is 0 Å². The summed E-state index contributed by atoms with van der Waals surface area (Å²) < 4.78 is 0. The summed E-state index contributed by atoms with van der Waals surface area (Å²) >= 11 is 0. The van der Waals surface area contributed by atoms with Gasteiger partial charge in [0.15, 0.2) is 0 Å². The van der Waals surface area contributed by atoms with Crippen molar-refractivity contribution < 1.29 is 15.0 Å². The Morgan fingerprint density at radius 1 is 1.05 bits per heavy atom. The zero-order valence-electron chi connectivity index (χ0n) is 11.6. The number of aliphatic hydroxyl groups excluding tert-OH is 1. The van der Waals surface area contributed by atoms with Gasteiger partial charge in [-0.2, -0.15) is 0 Å². The lowest BCUT2D eigenvalue weighted by Gasteiger charge is -2.43. The maximum atomic E-state index is 12.5. The predicted octanol–water partition coefficient (Wildman–Crippen LogP) is 1.44. The summed E-state index contributed by atoms with van der Waals surface area (Å²) in [6.07, 6.45) is 8.06. The quantitative estimate of drug-likeness (QED) is 0.796. The smallest absolute Gasteiger partial charge is 0.254 e. The third-order valence-electron chi connectivity index (χ3n) is 5.41. The zero-order valence-corrected chi connectivity index (χ0v) is 11.6. The van der Waals surface area contributed by atoms with Crippen molar-refractivity contribution in [2.24, 2.45) is 5.92 Å². The normalized spacial score (nSPS) is 38.0. The lowest BCUT2D eigenvalue weighted by molar-refractivity contribution is -0.163. The lowest BCUT2D eigenvalue weighted by atomic mass is 9.77. The summed E-state index contributed by atoms with van der Waals surface area (Å²) in [6.45, 7) is 0.759. The highest BCUT2D eigenvalue weighted by atomic mass is 16.3. The molecule has 1 amide bonds. The summed E-state index contributed by atoms with van der Waals surface area (Å²) in [5.74, 6) is 0.155. The van der Waals surface area contributed by atoms with Crippen LogP contribution in [0.15, 0.2) is 0 Å². The highest BCUT2D eigenvalue weighted by Crippen LogP contribution is 2.39. The molecule has 2 N–H and O–H groups in total. The molecule has 1 aliphatic heterocycles. The monoisotopic (exact) mass is 267 g/mol. The van der Waals surface area contributed by atoms with Crippen molar-refractivity contribution >= 4 is 5.91 Å². The molecule has 108 valence electrons. The minimum Gasteiger partial charge on any atom is -0.393 e. The first-order valence-corrected chi connectivity index (χ1v) is 7.83. The first-order chi connectivity index (χ1) is 9.12. The Hall–Kier alpha value is -0.610. The molecule has 4 nitrogen and oxygen atoms in total. The third kappa shape index (κ3) is 2.29. The van der Waals surface area contributed by atoms with E-state index in [0.717, 1.165) is 51.5 Å². The fourth-order valence-corrected chi connectivity index (χ4v) is 4.07. The van der Waals surface area contributed by atoms with Gasteiger partial charge in [-0.1, -0.05) is 12.8 Å². The maximum Gasteiger partial charge on any atom is 0.254 e. The van der Waals surface area contributed by atoms with Crippen LogP contribution in [0.4, 0.5) is 0 Å². The minimum absolute atomic E-state index is 0.0703. The Bertz CT molecular complexity index is 353. The van der Waals surface area contributed by atoms with Gasteiger partial charge in [-0.3, -0.25) is 4.79 Å². The predicted molar refractivity (Wildman–Crippen MR) is 71.5 cm³/mol. The highest BCUT2D eigenvalue weighted by Gasteiger charge is 2.48. The number of nitrogens with zero attached hydrogens (tertiary/aromatic N) is 1. The number of amides is 1. The molecule has 2 saturated carbocycles. The van der Waals surface area contributed by atoms with Crippen LogP contribution < -0.4 is 0 Å². The van der Waals surface area contributed by atoms with E-state index < -0.39 is 5.60 Å². The molecule has 3 rings (SSSR count). The molecule has 0 bridgehead atoms. The summed E-state index contributed by atoms with van der Waals surface area (Å²) in [5.41, 5.74) is -1.08. The molecule has 0 radical (unpaired) electrons. The summed E-state index contributed by atoms with van der Waals surface area (Å²) in [4.78, 5) is 14.4.